The summed E-state index contributed by atoms with van der Waals surface area (Å²) >= 11 is 0. The summed E-state index contributed by atoms with van der Waals surface area (Å²) in [6, 6.07) is -5.53. The number of nitrogens with one attached hydrogen (secondary N) is 5. The van der Waals surface area contributed by atoms with Crippen LogP contribution in [0.4, 0.5) is 0 Å². The van der Waals surface area contributed by atoms with Crippen molar-refractivity contribution in [2.45, 2.75) is 246 Å². The molecule has 544 valence electrons. The van der Waals surface area contributed by atoms with Crippen molar-refractivity contribution in [1.29, 1.82) is 0 Å². The number of carbonyl (C=O) groups is 7. The predicted octanol–water partition coefficient (Wildman–Crippen LogP) is 4.97. The summed E-state index contributed by atoms with van der Waals surface area (Å²) < 4.78 is 61.3. The highest BCUT2D eigenvalue weighted by Crippen LogP contribution is 2.47. The van der Waals surface area contributed by atoms with E-state index in [1.165, 1.54) is 85.7 Å². The van der Waals surface area contributed by atoms with Crippen LogP contribution in [0, 0.1) is 57.8 Å². The van der Waals surface area contributed by atoms with Crippen molar-refractivity contribution in [2.75, 3.05) is 6.54 Å². The Morgan fingerprint density at radius 3 is 2.00 bits per heavy atom. The lowest BCUT2D eigenvalue weighted by molar-refractivity contribution is -0.307. The van der Waals surface area contributed by atoms with Crippen molar-refractivity contribution in [3.8, 4) is 33.8 Å². The molecule has 4 aromatic rings. The molecule has 3 aliphatic heterocycles. The van der Waals surface area contributed by atoms with Crippen molar-refractivity contribution in [3.05, 3.63) is 106 Å². The average Bonchev–Trinajstić information content (AvgIpc) is 0.994. The van der Waals surface area contributed by atoms with Crippen LogP contribution in [0.1, 0.15) is 173 Å². The highest BCUT2D eigenvalue weighted by atomic mass is 17.1. The molecule has 25 heteroatoms. The first-order valence-corrected chi connectivity index (χ1v) is 33.9. The minimum absolute atomic E-state index is 0.0523. The zero-order valence-electron chi connectivity index (χ0n) is 65.5. The van der Waals surface area contributed by atoms with Crippen LogP contribution in [0.15, 0.2) is 66.6 Å². The van der Waals surface area contributed by atoms with Gasteiger partial charge >= 0.3 is 0 Å². The van der Waals surface area contributed by atoms with E-state index in [0.29, 0.717) is 6.42 Å². The highest BCUT2D eigenvalue weighted by Gasteiger charge is 2.62. The third-order valence-electron chi connectivity index (χ3n) is 21.4. The first-order chi connectivity index (χ1) is 48.8. The van der Waals surface area contributed by atoms with E-state index in [2.05, 4.69) is 26.6 Å². The molecule has 25 nitrogen and oxygen atoms in total. The third-order valence-corrected chi connectivity index (χ3v) is 21.4. The number of nitrogens with zero attached hydrogens (tertiary/aromatic N) is 2. The van der Waals surface area contributed by atoms with Gasteiger partial charge in [0.15, 0.2) is 6.23 Å². The molecule has 0 radical (unpaired) electrons. The van der Waals surface area contributed by atoms with E-state index in [1.54, 1.807) is 20.8 Å². The number of aromatic hydroxyl groups is 1. The molecule has 7 amide bonds. The number of ether oxygens (including phenoxy) is 1. The van der Waals surface area contributed by atoms with E-state index >= 15 is 33.6 Å². The van der Waals surface area contributed by atoms with Gasteiger partial charge in [0.2, 0.25) is 29.5 Å². The van der Waals surface area contributed by atoms with Gasteiger partial charge in [-0.1, -0.05) is 104 Å². The Hall–Kier alpha value is -7.59. The van der Waals surface area contributed by atoms with Gasteiger partial charge in [0.1, 0.15) is 65.1 Å². The molecule has 4 unspecified atom stereocenters. The molecule has 19 atom stereocenters. The fourth-order valence-electron chi connectivity index (χ4n) is 13.9. The number of phenolic OH excluding ortho intramolecular Hbond substituents is 1. The van der Waals surface area contributed by atoms with Gasteiger partial charge in [-0.3, -0.25) is 33.6 Å². The smallest absolute Gasteiger partial charge is 0.252 e. The van der Waals surface area contributed by atoms with E-state index in [1.807, 2.05) is 20.8 Å². The van der Waals surface area contributed by atoms with E-state index < -0.39 is 192 Å². The molecule has 0 spiro atoms. The number of phenols is 1. The maximum Gasteiger partial charge on any atom is 0.252 e. The number of hydrogen-bond acceptors (Lipinski definition) is 18. The number of amides is 7. The number of aliphatic hydroxyl groups excluding tert-OH is 7. The monoisotopic (exact) mass is 1390 g/mol. The van der Waals surface area contributed by atoms with Crippen molar-refractivity contribution in [3.63, 3.8) is 0 Å². The average molecular weight is 1390 g/mol. The lowest BCUT2D eigenvalue weighted by Gasteiger charge is -2.43. The number of aryl methyl sites for hydroxylation is 1. The maximum absolute atomic E-state index is 15.6. The number of benzene rings is 4. The van der Waals surface area contributed by atoms with Gasteiger partial charge in [-0.2, -0.15) is 0 Å². The Morgan fingerprint density at radius 1 is 0.758 bits per heavy atom. The fraction of sp³-hybridized carbons (Fsp3) is 0.581. The van der Waals surface area contributed by atoms with Crippen LogP contribution in [-0.2, 0) is 33.7 Å². The minimum Gasteiger partial charge on any atom is -0.508 e. The number of aliphatic hydroxyl groups is 7. The van der Waals surface area contributed by atoms with Crippen molar-refractivity contribution in [1.82, 2.24) is 36.4 Å². The second kappa shape index (κ2) is 31.5. The third kappa shape index (κ3) is 15.7. The van der Waals surface area contributed by atoms with E-state index in [9.17, 15) is 50.2 Å². The number of fused-ring (bicyclic) bond motifs is 2. The molecule has 3 heterocycles. The Kier molecular flexibility index (Phi) is 22.3. The number of hydrogen-bond donors (Lipinski definition) is 14. The second-order valence-electron chi connectivity index (χ2n) is 28.3. The Bertz CT molecular complexity index is 3950. The van der Waals surface area contributed by atoms with Crippen LogP contribution in [0.3, 0.4) is 0 Å². The Labute approximate surface area is 588 Å². The van der Waals surface area contributed by atoms with Crippen molar-refractivity contribution < 1.29 is 97.5 Å². The van der Waals surface area contributed by atoms with Crippen molar-refractivity contribution in [2.24, 2.45) is 23.2 Å². The topological polar surface area (TPSA) is 387 Å². The van der Waals surface area contributed by atoms with Gasteiger partial charge in [0.05, 0.1) is 38.7 Å². The molecular formula is C74H105N7O18. The summed E-state index contributed by atoms with van der Waals surface area (Å²) in [5, 5.41) is 118. The van der Waals surface area contributed by atoms with Crippen LogP contribution in [0.2, 0.25) is 0 Å². The van der Waals surface area contributed by atoms with Gasteiger partial charge < -0.3 is 82.0 Å². The largest absolute Gasteiger partial charge is 0.508 e. The Morgan fingerprint density at radius 2 is 1.39 bits per heavy atom. The van der Waals surface area contributed by atoms with Crippen LogP contribution in [-0.4, -0.2) is 194 Å². The summed E-state index contributed by atoms with van der Waals surface area (Å²) in [7, 11) is 0. The second-order valence-corrected chi connectivity index (χ2v) is 28.3. The molecule has 4 aromatic carbocycles. The molecule has 0 aliphatic carbocycles. The summed E-state index contributed by atoms with van der Waals surface area (Å²) in [5.74, 6) is -11.4. The standard InChI is InChI=1S/C74H105N7O18/c1-18-36(6)29-40(10)98-48-23-26-50(39(9)32-48)45-21-24-49(37(7)30-45)46-22-25-51(38(8)31-46)64(90)75-56-43(13)60(86)68(99-97)78-67(93)59-63(89)73(16,35(4)5)44(14)81(59)69(94)57(53(83)19-2)76-65(91)58(62(88)61(87)52-27-28-54(84)42(12)41(52)11)77-70(95)72(15)33-47(82)34-80(72)71(96)74(17,55(85)20-3)79-66(56)92/h21-28,30-32,35-36,40,43-44,47,53,55-63,68,82-89,97H,18-20,29,33-34H2,1-17H3,(H,75,90)(H,76,91)(H,77,95)(H,78,93)(H,79,92)/t36?,40?,43?,44?,47-,53-,55-,56+,57+,58+,59+,60-,61+,62+,63-,68-,72+,73+,74+/m1/s1/i21D,23D,24D,26D,30D,32D. The molecule has 0 bridgehead atoms. The lowest BCUT2D eigenvalue weighted by atomic mass is 9.71. The van der Waals surface area contributed by atoms with Crippen molar-refractivity contribution >= 4 is 41.4 Å². The molecule has 3 saturated heterocycles. The first kappa shape index (κ1) is 69.9. The van der Waals surface area contributed by atoms with Gasteiger partial charge in [0, 0.05) is 35.9 Å². The quantitative estimate of drug-likeness (QED) is 0.0462. The number of carbonyl (C=O) groups excluding carboxylic acids is 7. The molecule has 3 aliphatic rings. The van der Waals surface area contributed by atoms with Crippen LogP contribution in [0.5, 0.6) is 11.5 Å². The summed E-state index contributed by atoms with van der Waals surface area (Å²) in [6.45, 7) is 25.3. The van der Waals surface area contributed by atoms with E-state index in [0.717, 1.165) is 37.0 Å². The molecular weight excluding hydrogens is 1270 g/mol. The van der Waals surface area contributed by atoms with Crippen LogP contribution < -0.4 is 31.3 Å². The Balaban J connectivity index is 1.37. The molecule has 99 heavy (non-hydrogen) atoms. The fourth-order valence-corrected chi connectivity index (χ4v) is 13.9. The SMILES string of the molecule is [2H]c1c([2H])c(-c2c([2H])c([2H])c(-c3ccc(C(=O)N[C@@H]4C(=O)N[C@@](C)([C@H](O)CC)C(=O)N5C[C@H](O)C[C@@]5(C)C(=O)N[C@@H]([C@H](O)[C@@H](O)c5ccc(O)c(C)c5C)C(=O)N[C@@H]([C@H](O)CC)C(=O)N5C(C)[C@](C)(C(C)C)[C@H](O)[C@H]5C(=O)N[C@H](OO)[C@H](O)C4C)c(C)c3)c(C)c2[2H])c(C)c([2H])c1OC(C)CC(C)CC. The highest BCUT2D eigenvalue weighted by molar-refractivity contribution is 6.03. The van der Waals surface area contributed by atoms with Gasteiger partial charge in [-0.15, -0.1) is 0 Å². The van der Waals surface area contributed by atoms with E-state index in [4.69, 9.17) is 13.7 Å². The van der Waals surface area contributed by atoms with Gasteiger partial charge in [-0.25, -0.2) is 10.1 Å². The first-order valence-electron chi connectivity index (χ1n) is 36.9. The molecule has 3 fully saturated rings. The number of rotatable bonds is 18. The van der Waals surface area contributed by atoms with E-state index in [-0.39, 0.29) is 104 Å². The van der Waals surface area contributed by atoms with Gasteiger partial charge in [-0.05, 0) is 173 Å². The van der Waals surface area contributed by atoms with Crippen LogP contribution >= 0.6 is 0 Å². The zero-order chi connectivity index (χ0) is 79.2. The molecule has 0 saturated carbocycles. The summed E-state index contributed by atoms with van der Waals surface area (Å²) in [4.78, 5) is 114. The molecule has 7 rings (SSSR count). The molecule has 0 aromatic heterocycles. The normalized spacial score (nSPS) is 30.3. The lowest BCUT2D eigenvalue weighted by Crippen LogP contribution is -2.71. The predicted molar refractivity (Wildman–Crippen MR) is 369 cm³/mol. The minimum atomic E-state index is -2.60. The maximum atomic E-state index is 15.6. The van der Waals surface area contributed by atoms with Gasteiger partial charge in [0.25, 0.3) is 11.8 Å². The number of β-amino-alcohol motifs (C(OH)–C–C–N with tert-alkyl or cyclic N) is 1. The summed E-state index contributed by atoms with van der Waals surface area (Å²) in [6.07, 6.45) is -16.5. The zero-order valence-corrected chi connectivity index (χ0v) is 59.5. The summed E-state index contributed by atoms with van der Waals surface area (Å²) in [5.41, 5.74) is -5.59. The van der Waals surface area contributed by atoms with Crippen LogP contribution in [0.25, 0.3) is 22.3 Å². The molecule has 14 N–H and O–H groups in total.